The molecule has 2 aromatic rings. The summed E-state index contributed by atoms with van der Waals surface area (Å²) in [4.78, 5) is 10.3. The first kappa shape index (κ1) is 13.2. The molecule has 100 valence electrons. The van der Waals surface area contributed by atoms with Crippen LogP contribution in [0.3, 0.4) is 0 Å². The molecule has 0 N–H and O–H groups in total. The monoisotopic (exact) mass is 261 g/mol. The van der Waals surface area contributed by atoms with E-state index in [9.17, 15) is 10.1 Å². The molecule has 0 fully saturated rings. The molecule has 0 radical (unpaired) electrons. The SMILES string of the molecule is COCCn1cc(-c2ccc([N+](=O)[O-])cc2C)cn1. The summed E-state index contributed by atoms with van der Waals surface area (Å²) in [6, 6.07) is 4.84. The van der Waals surface area contributed by atoms with E-state index in [4.69, 9.17) is 4.74 Å². The number of nitro benzene ring substituents is 1. The van der Waals surface area contributed by atoms with Gasteiger partial charge in [0, 0.05) is 31.0 Å². The first-order valence-electron chi connectivity index (χ1n) is 5.88. The lowest BCUT2D eigenvalue weighted by molar-refractivity contribution is -0.384. The molecule has 6 heteroatoms. The number of nitrogens with zero attached hydrogens (tertiary/aromatic N) is 3. The van der Waals surface area contributed by atoms with Gasteiger partial charge in [-0.25, -0.2) is 0 Å². The van der Waals surface area contributed by atoms with E-state index in [0.29, 0.717) is 13.2 Å². The van der Waals surface area contributed by atoms with Crippen molar-refractivity contribution in [2.24, 2.45) is 0 Å². The van der Waals surface area contributed by atoms with Gasteiger partial charge >= 0.3 is 0 Å². The largest absolute Gasteiger partial charge is 0.383 e. The number of aryl methyl sites for hydroxylation is 1. The molecule has 0 aliphatic carbocycles. The van der Waals surface area contributed by atoms with Crippen molar-refractivity contribution in [3.63, 3.8) is 0 Å². The van der Waals surface area contributed by atoms with E-state index < -0.39 is 4.92 Å². The molecule has 0 aliphatic heterocycles. The van der Waals surface area contributed by atoms with Crippen LogP contribution in [0.2, 0.25) is 0 Å². The smallest absolute Gasteiger partial charge is 0.269 e. The van der Waals surface area contributed by atoms with Crippen molar-refractivity contribution in [2.45, 2.75) is 13.5 Å². The summed E-state index contributed by atoms with van der Waals surface area (Å²) in [7, 11) is 1.64. The number of aromatic nitrogens is 2. The Hall–Kier alpha value is -2.21. The molecule has 0 spiro atoms. The molecule has 0 saturated heterocycles. The Balaban J connectivity index is 2.26. The van der Waals surface area contributed by atoms with Crippen LogP contribution >= 0.6 is 0 Å². The maximum atomic E-state index is 10.7. The van der Waals surface area contributed by atoms with Crippen molar-refractivity contribution in [2.75, 3.05) is 13.7 Å². The number of hydrogen-bond acceptors (Lipinski definition) is 4. The van der Waals surface area contributed by atoms with Crippen molar-refractivity contribution >= 4 is 5.69 Å². The summed E-state index contributed by atoms with van der Waals surface area (Å²) in [5.41, 5.74) is 2.87. The third-order valence-corrected chi connectivity index (χ3v) is 2.89. The number of hydrogen-bond donors (Lipinski definition) is 0. The molecule has 2 rings (SSSR count). The van der Waals surface area contributed by atoms with Gasteiger partial charge in [-0.2, -0.15) is 5.10 Å². The fourth-order valence-corrected chi connectivity index (χ4v) is 1.90. The summed E-state index contributed by atoms with van der Waals surface area (Å²) in [5.74, 6) is 0. The second-order valence-electron chi connectivity index (χ2n) is 4.24. The number of nitro groups is 1. The van der Waals surface area contributed by atoms with Crippen molar-refractivity contribution in [3.8, 4) is 11.1 Å². The first-order chi connectivity index (χ1) is 9.11. The minimum Gasteiger partial charge on any atom is -0.383 e. The Bertz CT molecular complexity index is 593. The van der Waals surface area contributed by atoms with Gasteiger partial charge in [0.05, 0.1) is 24.3 Å². The Labute approximate surface area is 110 Å². The van der Waals surface area contributed by atoms with Crippen LogP contribution in [0.1, 0.15) is 5.56 Å². The molecule has 0 unspecified atom stereocenters. The lowest BCUT2D eigenvalue weighted by Gasteiger charge is -2.03. The zero-order valence-corrected chi connectivity index (χ0v) is 10.9. The highest BCUT2D eigenvalue weighted by Crippen LogP contribution is 2.26. The van der Waals surface area contributed by atoms with Gasteiger partial charge in [-0.1, -0.05) is 0 Å². The van der Waals surface area contributed by atoms with Crippen LogP contribution in [0.15, 0.2) is 30.6 Å². The van der Waals surface area contributed by atoms with Crippen molar-refractivity contribution < 1.29 is 9.66 Å². The second kappa shape index (κ2) is 5.62. The molecular weight excluding hydrogens is 246 g/mol. The lowest BCUT2D eigenvalue weighted by Crippen LogP contribution is -2.03. The summed E-state index contributed by atoms with van der Waals surface area (Å²) in [5, 5.41) is 14.9. The third kappa shape index (κ3) is 2.97. The summed E-state index contributed by atoms with van der Waals surface area (Å²) >= 11 is 0. The van der Waals surface area contributed by atoms with Gasteiger partial charge in [-0.15, -0.1) is 0 Å². The molecule has 0 amide bonds. The number of methoxy groups -OCH3 is 1. The summed E-state index contributed by atoms with van der Waals surface area (Å²) in [6.07, 6.45) is 3.66. The molecule has 0 aliphatic rings. The molecule has 1 heterocycles. The van der Waals surface area contributed by atoms with E-state index in [1.54, 1.807) is 30.1 Å². The fraction of sp³-hybridized carbons (Fsp3) is 0.308. The standard InChI is InChI=1S/C13H15N3O3/c1-10-7-12(16(17)18)3-4-13(10)11-8-14-15(9-11)5-6-19-2/h3-4,7-9H,5-6H2,1-2H3. The third-order valence-electron chi connectivity index (χ3n) is 2.89. The van der Waals surface area contributed by atoms with Gasteiger partial charge in [-0.3, -0.25) is 14.8 Å². The minimum absolute atomic E-state index is 0.105. The van der Waals surface area contributed by atoms with Gasteiger partial charge in [0.2, 0.25) is 0 Å². The molecule has 0 saturated carbocycles. The maximum absolute atomic E-state index is 10.7. The topological polar surface area (TPSA) is 70.2 Å². The average Bonchev–Trinajstić information content (AvgIpc) is 2.84. The summed E-state index contributed by atoms with van der Waals surface area (Å²) < 4.78 is 6.78. The van der Waals surface area contributed by atoms with E-state index in [2.05, 4.69) is 5.10 Å². The van der Waals surface area contributed by atoms with Gasteiger partial charge < -0.3 is 4.74 Å². The molecule has 0 atom stereocenters. The van der Waals surface area contributed by atoms with Crippen molar-refractivity contribution in [1.82, 2.24) is 9.78 Å². The molecule has 1 aromatic heterocycles. The van der Waals surface area contributed by atoms with Crippen LogP contribution in [-0.2, 0) is 11.3 Å². The zero-order chi connectivity index (χ0) is 13.8. The van der Waals surface area contributed by atoms with Gasteiger partial charge in [0.1, 0.15) is 0 Å². The Morgan fingerprint density at radius 1 is 1.47 bits per heavy atom. The highest BCUT2D eigenvalue weighted by atomic mass is 16.6. The van der Waals surface area contributed by atoms with Crippen molar-refractivity contribution in [1.29, 1.82) is 0 Å². The molecule has 6 nitrogen and oxygen atoms in total. The zero-order valence-electron chi connectivity index (χ0n) is 10.9. The van der Waals surface area contributed by atoms with Gasteiger partial charge in [0.15, 0.2) is 0 Å². The maximum Gasteiger partial charge on any atom is 0.269 e. The molecule has 19 heavy (non-hydrogen) atoms. The predicted molar refractivity (Wildman–Crippen MR) is 70.9 cm³/mol. The highest BCUT2D eigenvalue weighted by molar-refractivity contribution is 5.67. The average molecular weight is 261 g/mol. The van der Waals surface area contributed by atoms with E-state index in [1.165, 1.54) is 6.07 Å². The first-order valence-corrected chi connectivity index (χ1v) is 5.88. The highest BCUT2D eigenvalue weighted by Gasteiger charge is 2.10. The number of ether oxygens (including phenoxy) is 1. The molecule has 0 bridgehead atoms. The van der Waals surface area contributed by atoms with E-state index in [-0.39, 0.29) is 5.69 Å². The van der Waals surface area contributed by atoms with Crippen LogP contribution in [0.4, 0.5) is 5.69 Å². The second-order valence-corrected chi connectivity index (χ2v) is 4.24. The Morgan fingerprint density at radius 3 is 2.89 bits per heavy atom. The van der Waals surface area contributed by atoms with Crippen LogP contribution in [0, 0.1) is 17.0 Å². The van der Waals surface area contributed by atoms with Crippen LogP contribution in [0.25, 0.3) is 11.1 Å². The molecular formula is C13H15N3O3. The lowest BCUT2D eigenvalue weighted by atomic mass is 10.0. The van der Waals surface area contributed by atoms with E-state index >= 15 is 0 Å². The number of rotatable bonds is 5. The van der Waals surface area contributed by atoms with E-state index in [1.807, 2.05) is 13.1 Å². The van der Waals surface area contributed by atoms with Crippen LogP contribution < -0.4 is 0 Å². The predicted octanol–water partition coefficient (Wildman–Crippen LogP) is 2.41. The van der Waals surface area contributed by atoms with Crippen LogP contribution in [0.5, 0.6) is 0 Å². The Morgan fingerprint density at radius 2 is 2.26 bits per heavy atom. The number of benzene rings is 1. The molecule has 1 aromatic carbocycles. The van der Waals surface area contributed by atoms with Gasteiger partial charge in [-0.05, 0) is 24.1 Å². The van der Waals surface area contributed by atoms with E-state index in [0.717, 1.165) is 16.7 Å². The Kier molecular flexibility index (Phi) is 3.91. The quantitative estimate of drug-likeness (QED) is 0.612. The normalized spacial score (nSPS) is 10.6. The fourth-order valence-electron chi connectivity index (χ4n) is 1.90. The minimum atomic E-state index is -0.390. The summed E-state index contributed by atoms with van der Waals surface area (Å²) in [6.45, 7) is 3.14. The van der Waals surface area contributed by atoms with Crippen molar-refractivity contribution in [3.05, 3.63) is 46.3 Å². The number of non-ortho nitro benzene ring substituents is 1. The van der Waals surface area contributed by atoms with Gasteiger partial charge in [0.25, 0.3) is 5.69 Å². The van der Waals surface area contributed by atoms with Crippen LogP contribution in [-0.4, -0.2) is 28.4 Å².